The van der Waals surface area contributed by atoms with Crippen molar-refractivity contribution in [3.05, 3.63) is 53.1 Å². The Hall–Kier alpha value is -3.98. The number of aliphatic hydroxyl groups is 1. The van der Waals surface area contributed by atoms with E-state index >= 15 is 0 Å². The number of benzene rings is 2. The summed E-state index contributed by atoms with van der Waals surface area (Å²) in [6.07, 6.45) is 3.80. The Labute approximate surface area is 438 Å². The first kappa shape index (κ1) is 62.6. The van der Waals surface area contributed by atoms with Gasteiger partial charge >= 0.3 is 5.97 Å². The van der Waals surface area contributed by atoms with Gasteiger partial charge in [0.2, 0.25) is 15.9 Å². The highest BCUT2D eigenvalue weighted by atomic mass is 32.2. The van der Waals surface area contributed by atoms with Crippen LogP contribution in [0.25, 0.3) is 17.2 Å². The van der Waals surface area contributed by atoms with E-state index in [9.17, 15) is 23.1 Å². The van der Waals surface area contributed by atoms with Crippen LogP contribution >= 0.6 is 0 Å². The summed E-state index contributed by atoms with van der Waals surface area (Å²) >= 11 is 0. The van der Waals surface area contributed by atoms with Crippen molar-refractivity contribution in [3.63, 3.8) is 0 Å². The van der Waals surface area contributed by atoms with Crippen molar-refractivity contribution in [1.29, 1.82) is 0 Å². The molecule has 0 radical (unpaired) electrons. The number of rotatable bonds is 44. The molecule has 0 aliphatic carbocycles. The summed E-state index contributed by atoms with van der Waals surface area (Å²) in [6, 6.07) is 11.1. The number of likely N-dealkylation sites (N-methyl/N-ethyl adjacent to an activating group) is 1. The zero-order valence-corrected chi connectivity index (χ0v) is 44.7. The van der Waals surface area contributed by atoms with Gasteiger partial charge in [-0.05, 0) is 66.9 Å². The van der Waals surface area contributed by atoms with Gasteiger partial charge in [-0.2, -0.15) is 4.31 Å². The first-order valence-electron chi connectivity index (χ1n) is 25.8. The molecule has 0 unspecified atom stereocenters. The normalized spacial score (nSPS) is 14.2. The molecule has 2 aliphatic rings. The molecule has 1 amide bonds. The number of ether oxygens (including phenoxy) is 10. The molecule has 418 valence electrons. The number of aliphatic hydroxyl groups excluding tert-OH is 1. The third kappa shape index (κ3) is 24.3. The molecule has 4 rings (SSSR count). The minimum atomic E-state index is -3.83. The SMILES string of the molecule is CCCN(CCC)C(=O)C1=Cc2ccc(-c3cc(CN(C)CCOCCOCCOCCOCCOCCOCCOCCOCCOCCOCCC(=O)O)cc(S(=O)(=O)N4CC(CO)C4)c3)cc2N=C(N)C1. The fraction of sp³-hybridized carbons (Fsp3) is 0.673. The highest BCUT2D eigenvalue weighted by Gasteiger charge is 2.36. The van der Waals surface area contributed by atoms with Crippen molar-refractivity contribution in [3.8, 4) is 11.1 Å². The van der Waals surface area contributed by atoms with Crippen LogP contribution in [0.5, 0.6) is 0 Å². The fourth-order valence-corrected chi connectivity index (χ4v) is 9.36. The largest absolute Gasteiger partial charge is 0.481 e. The van der Waals surface area contributed by atoms with E-state index in [1.807, 2.05) is 42.3 Å². The van der Waals surface area contributed by atoms with Gasteiger partial charge in [0.05, 0.1) is 149 Å². The predicted molar refractivity (Wildman–Crippen MR) is 279 cm³/mol. The minimum Gasteiger partial charge on any atom is -0.481 e. The second-order valence-corrected chi connectivity index (χ2v) is 19.7. The summed E-state index contributed by atoms with van der Waals surface area (Å²) in [5.41, 5.74) is 10.6. The van der Waals surface area contributed by atoms with Crippen molar-refractivity contribution in [1.82, 2.24) is 14.1 Å². The van der Waals surface area contributed by atoms with Crippen LogP contribution in [0.1, 0.15) is 50.7 Å². The molecule has 0 aromatic heterocycles. The van der Waals surface area contributed by atoms with Gasteiger partial charge in [-0.15, -0.1) is 0 Å². The highest BCUT2D eigenvalue weighted by molar-refractivity contribution is 7.89. The van der Waals surface area contributed by atoms with Gasteiger partial charge in [0.25, 0.3) is 0 Å². The maximum atomic E-state index is 13.9. The number of nitrogens with two attached hydrogens (primary N) is 1. The second-order valence-electron chi connectivity index (χ2n) is 17.8. The van der Waals surface area contributed by atoms with E-state index in [-0.39, 0.29) is 55.9 Å². The summed E-state index contributed by atoms with van der Waals surface area (Å²) in [6.45, 7) is 15.4. The number of aliphatic imine (C=N–C) groups is 1. The zero-order chi connectivity index (χ0) is 53.2. The number of carbonyl (C=O) groups excluding carboxylic acids is 1. The monoisotopic (exact) mass is 1070 g/mol. The van der Waals surface area contributed by atoms with E-state index in [1.54, 1.807) is 12.1 Å². The molecule has 74 heavy (non-hydrogen) atoms. The third-order valence-electron chi connectivity index (χ3n) is 11.5. The van der Waals surface area contributed by atoms with Crippen molar-refractivity contribution >= 4 is 39.5 Å². The fourth-order valence-electron chi connectivity index (χ4n) is 7.67. The van der Waals surface area contributed by atoms with Crippen molar-refractivity contribution in [2.45, 2.75) is 51.0 Å². The van der Waals surface area contributed by atoms with Gasteiger partial charge in [-0.25, -0.2) is 13.4 Å². The Kier molecular flexibility index (Phi) is 31.2. The standard InChI is InChI=1S/C52H83N5O16S/c1-4-9-56(10-5-2)52(61)47-34-45-7-6-44(36-49(45)54-50(53)37-47)46-32-42(33-48(35-46)74(62,63)57-39-43(40-57)41-58)38-55(3)11-13-65-15-17-67-19-21-69-23-25-71-27-29-73-31-30-72-28-26-70-24-22-68-20-18-66-16-14-64-12-8-51(59)60/h6-7,32-36,43,58H,4-5,8-31,37-41H2,1-3H3,(H2,53,54)(H,59,60). The van der Waals surface area contributed by atoms with E-state index in [0.29, 0.717) is 174 Å². The molecule has 0 saturated carbocycles. The first-order valence-corrected chi connectivity index (χ1v) is 27.3. The lowest BCUT2D eigenvalue weighted by atomic mass is 9.99. The smallest absolute Gasteiger partial charge is 0.305 e. The van der Waals surface area contributed by atoms with Crippen LogP contribution in [0.4, 0.5) is 5.69 Å². The Morgan fingerprint density at radius 1 is 0.662 bits per heavy atom. The number of carboxylic acids is 1. The molecule has 22 heteroatoms. The van der Waals surface area contributed by atoms with Gasteiger partial charge in [0.15, 0.2) is 0 Å². The second kappa shape index (κ2) is 36.9. The topological polar surface area (TPSA) is 249 Å². The zero-order valence-electron chi connectivity index (χ0n) is 43.9. The average molecular weight is 1070 g/mol. The van der Waals surface area contributed by atoms with Crippen LogP contribution < -0.4 is 5.73 Å². The van der Waals surface area contributed by atoms with Crippen LogP contribution in [-0.2, 0) is 73.5 Å². The lowest BCUT2D eigenvalue weighted by Crippen LogP contribution is -2.51. The lowest BCUT2D eigenvalue weighted by Gasteiger charge is -2.37. The summed E-state index contributed by atoms with van der Waals surface area (Å²) in [5.74, 6) is -0.673. The number of fused-ring (bicyclic) bond motifs is 1. The van der Waals surface area contributed by atoms with Gasteiger partial charge in [0, 0.05) is 69.4 Å². The van der Waals surface area contributed by atoms with Gasteiger partial charge in [0.1, 0.15) is 5.84 Å². The highest BCUT2D eigenvalue weighted by Crippen LogP contribution is 2.35. The Bertz CT molecular complexity index is 2080. The third-order valence-corrected chi connectivity index (χ3v) is 13.4. The molecule has 2 aromatic carbocycles. The average Bonchev–Trinajstić information content (AvgIpc) is 3.53. The molecule has 1 fully saturated rings. The molecule has 0 bridgehead atoms. The summed E-state index contributed by atoms with van der Waals surface area (Å²) < 4.78 is 84.2. The van der Waals surface area contributed by atoms with E-state index in [4.69, 9.17) is 63.2 Å². The Balaban J connectivity index is 1.05. The maximum Gasteiger partial charge on any atom is 0.305 e. The first-order chi connectivity index (χ1) is 35.9. The van der Waals surface area contributed by atoms with Crippen molar-refractivity contribution in [2.75, 3.05) is 179 Å². The molecular formula is C52H83N5O16S. The molecule has 21 nitrogen and oxygen atoms in total. The minimum absolute atomic E-state index is 0.0165. The number of amides is 1. The Morgan fingerprint density at radius 2 is 1.14 bits per heavy atom. The van der Waals surface area contributed by atoms with Gasteiger partial charge in [-0.3, -0.25) is 14.5 Å². The number of carbonyl (C=O) groups is 2. The number of nitrogens with zero attached hydrogens (tertiary/aromatic N) is 4. The molecule has 4 N–H and O–H groups in total. The Morgan fingerprint density at radius 3 is 1.59 bits per heavy atom. The quantitative estimate of drug-likeness (QED) is 0.0804. The van der Waals surface area contributed by atoms with Crippen LogP contribution in [0.3, 0.4) is 0 Å². The number of aliphatic carboxylic acids is 1. The molecule has 0 spiro atoms. The van der Waals surface area contributed by atoms with E-state index in [1.165, 1.54) is 4.31 Å². The maximum absolute atomic E-state index is 13.9. The number of amidine groups is 1. The number of hydrogen-bond donors (Lipinski definition) is 3. The molecule has 0 atom stereocenters. The van der Waals surface area contributed by atoms with Gasteiger partial charge < -0.3 is 68.2 Å². The number of sulfonamides is 1. The van der Waals surface area contributed by atoms with E-state index < -0.39 is 16.0 Å². The number of carboxylic acid groups (broad SMARTS) is 1. The van der Waals surface area contributed by atoms with Crippen molar-refractivity contribution < 1.29 is 75.6 Å². The molecule has 2 aliphatic heterocycles. The predicted octanol–water partition coefficient (Wildman–Crippen LogP) is 3.46. The molecule has 2 aromatic rings. The van der Waals surface area contributed by atoms with Crippen LogP contribution in [0.15, 0.2) is 51.9 Å². The van der Waals surface area contributed by atoms with Crippen LogP contribution in [0, 0.1) is 5.92 Å². The van der Waals surface area contributed by atoms with Gasteiger partial charge in [-0.1, -0.05) is 26.0 Å². The molecule has 1 saturated heterocycles. The number of hydrogen-bond acceptors (Lipinski definition) is 18. The van der Waals surface area contributed by atoms with E-state index in [2.05, 4.69) is 18.7 Å². The summed E-state index contributed by atoms with van der Waals surface area (Å²) in [5, 5.41) is 18.1. The molecular weight excluding hydrogens is 983 g/mol. The van der Waals surface area contributed by atoms with Crippen LogP contribution in [-0.4, -0.2) is 229 Å². The van der Waals surface area contributed by atoms with Crippen molar-refractivity contribution in [2.24, 2.45) is 16.6 Å². The molecule has 2 heterocycles. The van der Waals surface area contributed by atoms with E-state index in [0.717, 1.165) is 29.5 Å². The van der Waals surface area contributed by atoms with Crippen LogP contribution in [0.2, 0.25) is 0 Å². The summed E-state index contributed by atoms with van der Waals surface area (Å²) in [7, 11) is -1.87. The summed E-state index contributed by atoms with van der Waals surface area (Å²) in [4.78, 5) is 32.8. The lowest BCUT2D eigenvalue weighted by molar-refractivity contribution is -0.138.